The van der Waals surface area contributed by atoms with Crippen molar-refractivity contribution in [2.24, 2.45) is 0 Å². The predicted octanol–water partition coefficient (Wildman–Crippen LogP) is 26.4. The molecule has 0 spiro atoms. The number of quaternary nitrogens is 1. The first kappa shape index (κ1) is 90.7. The number of allylic oxidation sites excluding steroid dienone is 18. The normalized spacial score (nSPS) is 13.6. The minimum absolute atomic E-state index is 0.0302. The molecule has 1 N–H and O–H groups in total. The van der Waals surface area contributed by atoms with E-state index in [1.807, 2.05) is 21.1 Å². The zero-order valence-corrected chi connectivity index (χ0v) is 63.1. The van der Waals surface area contributed by atoms with Gasteiger partial charge in [0, 0.05) is 12.8 Å². The molecule has 0 bridgehead atoms. The summed E-state index contributed by atoms with van der Waals surface area (Å²) in [5.74, 6) is -0.784. The van der Waals surface area contributed by atoms with Gasteiger partial charge in [-0.2, -0.15) is 0 Å². The van der Waals surface area contributed by atoms with E-state index in [4.69, 9.17) is 18.5 Å². The van der Waals surface area contributed by atoms with Crippen LogP contribution in [0.4, 0.5) is 0 Å². The fraction of sp³-hybridized carbons (Fsp3) is 0.762. The fourth-order valence-electron chi connectivity index (χ4n) is 11.3. The average molecular weight is 1330 g/mol. The summed E-state index contributed by atoms with van der Waals surface area (Å²) in [5, 5.41) is 0. The molecule has 0 radical (unpaired) electrons. The van der Waals surface area contributed by atoms with E-state index in [1.165, 1.54) is 238 Å². The lowest BCUT2D eigenvalue weighted by Gasteiger charge is -2.24. The largest absolute Gasteiger partial charge is 0.472 e. The second-order valence-corrected chi connectivity index (χ2v) is 29.2. The van der Waals surface area contributed by atoms with E-state index in [-0.39, 0.29) is 32.0 Å². The van der Waals surface area contributed by atoms with Gasteiger partial charge < -0.3 is 18.9 Å². The number of likely N-dealkylation sites (N-methyl/N-ethyl adjacent to an activating group) is 1. The van der Waals surface area contributed by atoms with E-state index in [9.17, 15) is 19.0 Å². The molecule has 0 aromatic carbocycles. The molecule has 0 amide bonds. The van der Waals surface area contributed by atoms with Crippen molar-refractivity contribution in [1.82, 2.24) is 0 Å². The zero-order valence-electron chi connectivity index (χ0n) is 62.2. The van der Waals surface area contributed by atoms with Gasteiger partial charge in [-0.05, 0) is 103 Å². The molecular formula is C84H151NO8P+. The Morgan fingerprint density at radius 1 is 0.340 bits per heavy atom. The SMILES string of the molecule is CC/C=C\C/C=C\C/C=C\C/C=C\C/C=C\C/C=C\C/C=C\CCCCCCCCCCCCCCCCCC(=O)OC(COC(=O)CCCCCCCCCCCCCCCCCCCCCCC/C=C\C/C=C\CCCCCCC)COP(=O)(O)OCC[N+](C)(C)C. The summed E-state index contributed by atoms with van der Waals surface area (Å²) in [6.45, 7) is 4.35. The van der Waals surface area contributed by atoms with Crippen molar-refractivity contribution in [3.8, 4) is 0 Å². The minimum Gasteiger partial charge on any atom is -0.462 e. The third-order valence-electron chi connectivity index (χ3n) is 17.3. The number of carbonyl (C=O) groups excluding carboxylic acids is 2. The van der Waals surface area contributed by atoms with Crippen LogP contribution < -0.4 is 0 Å². The Labute approximate surface area is 582 Å². The van der Waals surface area contributed by atoms with Gasteiger partial charge in [0.2, 0.25) is 0 Å². The highest BCUT2D eigenvalue weighted by Gasteiger charge is 2.27. The van der Waals surface area contributed by atoms with Crippen molar-refractivity contribution >= 4 is 19.8 Å². The Hall–Kier alpha value is -3.33. The number of phosphoric ester groups is 1. The van der Waals surface area contributed by atoms with Gasteiger partial charge in [-0.3, -0.25) is 18.6 Å². The van der Waals surface area contributed by atoms with Crippen molar-refractivity contribution in [3.63, 3.8) is 0 Å². The van der Waals surface area contributed by atoms with Crippen LogP contribution in [0.5, 0.6) is 0 Å². The van der Waals surface area contributed by atoms with E-state index in [2.05, 4.69) is 123 Å². The van der Waals surface area contributed by atoms with E-state index in [1.54, 1.807) is 0 Å². The second kappa shape index (κ2) is 73.9. The fourth-order valence-corrected chi connectivity index (χ4v) is 12.0. The Kier molecular flexibility index (Phi) is 71.3. The number of ether oxygens (including phenoxy) is 2. The number of hydrogen-bond acceptors (Lipinski definition) is 7. The van der Waals surface area contributed by atoms with E-state index in [0.717, 1.165) is 89.9 Å². The number of carbonyl (C=O) groups is 2. The van der Waals surface area contributed by atoms with Crippen molar-refractivity contribution in [3.05, 3.63) is 109 Å². The van der Waals surface area contributed by atoms with E-state index in [0.29, 0.717) is 17.4 Å². The monoisotopic (exact) mass is 1330 g/mol. The summed E-state index contributed by atoms with van der Waals surface area (Å²) in [4.78, 5) is 36.0. The number of esters is 2. The van der Waals surface area contributed by atoms with Gasteiger partial charge >= 0.3 is 19.8 Å². The van der Waals surface area contributed by atoms with Gasteiger partial charge in [0.15, 0.2) is 6.10 Å². The predicted molar refractivity (Wildman–Crippen MR) is 408 cm³/mol. The van der Waals surface area contributed by atoms with Crippen LogP contribution in [-0.4, -0.2) is 74.9 Å². The number of unbranched alkanes of at least 4 members (excludes halogenated alkanes) is 41. The average Bonchev–Trinajstić information content (AvgIpc) is 1.56. The van der Waals surface area contributed by atoms with Gasteiger partial charge in [0.05, 0.1) is 27.7 Å². The Morgan fingerprint density at radius 3 is 0.904 bits per heavy atom. The zero-order chi connectivity index (χ0) is 68.3. The van der Waals surface area contributed by atoms with E-state index >= 15 is 0 Å². The first-order valence-corrected chi connectivity index (χ1v) is 41.1. The molecule has 2 unspecified atom stereocenters. The molecule has 2 atom stereocenters. The summed E-state index contributed by atoms with van der Waals surface area (Å²) in [7, 11) is 1.48. The molecule has 0 aromatic rings. The maximum Gasteiger partial charge on any atom is 0.472 e. The molecular weight excluding hydrogens is 1180 g/mol. The maximum atomic E-state index is 12.9. The molecule has 9 nitrogen and oxygen atoms in total. The molecule has 0 heterocycles. The van der Waals surface area contributed by atoms with E-state index < -0.39 is 26.5 Å². The van der Waals surface area contributed by atoms with Gasteiger partial charge in [0.25, 0.3) is 0 Å². The second-order valence-electron chi connectivity index (χ2n) is 27.7. The molecule has 94 heavy (non-hydrogen) atoms. The summed E-state index contributed by atoms with van der Waals surface area (Å²) in [6, 6.07) is 0. The van der Waals surface area contributed by atoms with Crippen LogP contribution in [0.2, 0.25) is 0 Å². The number of nitrogens with zero attached hydrogens (tertiary/aromatic N) is 1. The Balaban J connectivity index is 3.97. The number of phosphoric acid groups is 1. The first-order valence-electron chi connectivity index (χ1n) is 39.6. The lowest BCUT2D eigenvalue weighted by Crippen LogP contribution is -2.37. The van der Waals surface area contributed by atoms with Crippen LogP contribution in [-0.2, 0) is 32.7 Å². The number of rotatable bonds is 73. The van der Waals surface area contributed by atoms with Gasteiger partial charge in [-0.1, -0.05) is 354 Å². The topological polar surface area (TPSA) is 108 Å². The van der Waals surface area contributed by atoms with Crippen molar-refractivity contribution in [2.75, 3.05) is 47.5 Å². The summed E-state index contributed by atoms with van der Waals surface area (Å²) < 4.78 is 34.8. The highest BCUT2D eigenvalue weighted by Crippen LogP contribution is 2.43. The highest BCUT2D eigenvalue weighted by atomic mass is 31.2. The van der Waals surface area contributed by atoms with Crippen molar-refractivity contribution < 1.29 is 42.1 Å². The molecule has 0 aliphatic heterocycles. The Bertz CT molecular complexity index is 1960. The molecule has 0 fully saturated rings. The van der Waals surface area contributed by atoms with Crippen molar-refractivity contribution in [2.45, 2.75) is 367 Å². The minimum atomic E-state index is -4.40. The summed E-state index contributed by atoms with van der Waals surface area (Å²) in [5.41, 5.74) is 0. The molecule has 0 saturated heterocycles. The van der Waals surface area contributed by atoms with Gasteiger partial charge in [-0.15, -0.1) is 0 Å². The van der Waals surface area contributed by atoms with Crippen LogP contribution in [0.3, 0.4) is 0 Å². The number of hydrogen-bond donors (Lipinski definition) is 1. The van der Waals surface area contributed by atoms with Crippen LogP contribution in [0, 0.1) is 0 Å². The van der Waals surface area contributed by atoms with Crippen molar-refractivity contribution in [1.29, 1.82) is 0 Å². The quantitative estimate of drug-likeness (QED) is 0.0211. The first-order chi connectivity index (χ1) is 46.0. The van der Waals surface area contributed by atoms with Crippen LogP contribution >= 0.6 is 7.82 Å². The molecule has 544 valence electrons. The molecule has 0 aromatic heterocycles. The third-order valence-corrected chi connectivity index (χ3v) is 18.3. The lowest BCUT2D eigenvalue weighted by molar-refractivity contribution is -0.870. The Morgan fingerprint density at radius 2 is 0.606 bits per heavy atom. The molecule has 0 aliphatic rings. The summed E-state index contributed by atoms with van der Waals surface area (Å²) >= 11 is 0. The molecule has 0 saturated carbocycles. The molecule has 10 heteroatoms. The highest BCUT2D eigenvalue weighted by molar-refractivity contribution is 7.47. The van der Waals surface area contributed by atoms with Crippen LogP contribution in [0.1, 0.15) is 361 Å². The van der Waals surface area contributed by atoms with Gasteiger partial charge in [-0.25, -0.2) is 4.57 Å². The standard InChI is InChI=1S/C84H150NO8P/c1-6-8-10-12-14-16-18-20-22-24-26-28-30-32-34-36-38-40-41-42-43-45-47-49-51-53-55-57-59-61-63-65-67-69-71-73-75-77-84(87)93-82(81-92-94(88,89)91-79-78-85(3,4)5)80-90-83(86)76-74-72-70-68-66-64-62-60-58-56-54-52-50-48-46-44-39-37-35-33-31-29-27-25-23-21-19-17-15-13-11-9-7-2/h8,10,14,16,19-22,25-28,32,34,38,40,42-43,82H,6-7,9,11-13,15,17-18,23-24,29-31,33,35-37,39,41,44-81H2,1-5H3/p+1/b10-8-,16-14-,21-19-,22-20-,27-25-,28-26-,34-32-,40-38-,43-42-. The summed E-state index contributed by atoms with van der Waals surface area (Å²) in [6.07, 6.45) is 105. The van der Waals surface area contributed by atoms with Crippen LogP contribution in [0.15, 0.2) is 109 Å². The molecule has 0 aliphatic carbocycles. The smallest absolute Gasteiger partial charge is 0.462 e. The molecule has 0 rings (SSSR count). The van der Waals surface area contributed by atoms with Gasteiger partial charge in [0.1, 0.15) is 19.8 Å². The lowest BCUT2D eigenvalue weighted by atomic mass is 10.0. The van der Waals surface area contributed by atoms with Crippen LogP contribution in [0.25, 0.3) is 0 Å². The third kappa shape index (κ3) is 77.7. The maximum absolute atomic E-state index is 12.9.